The monoisotopic (exact) mass is 278 g/mol. The summed E-state index contributed by atoms with van der Waals surface area (Å²) in [7, 11) is 1.94. The molecule has 20 heavy (non-hydrogen) atoms. The van der Waals surface area contributed by atoms with Gasteiger partial charge in [0.05, 0.1) is 5.69 Å². The summed E-state index contributed by atoms with van der Waals surface area (Å²) in [6.07, 6.45) is 11.2. The van der Waals surface area contributed by atoms with Crippen molar-refractivity contribution in [2.45, 2.75) is 64.8 Å². The van der Waals surface area contributed by atoms with Crippen molar-refractivity contribution in [3.05, 3.63) is 11.9 Å². The number of hydrogen-bond acceptors (Lipinski definition) is 3. The fourth-order valence-electron chi connectivity index (χ4n) is 3.45. The highest BCUT2D eigenvalue weighted by Gasteiger charge is 2.27. The molecule has 1 unspecified atom stereocenters. The molecule has 1 N–H and O–H groups in total. The van der Waals surface area contributed by atoms with Crippen LogP contribution in [0, 0.1) is 11.8 Å². The van der Waals surface area contributed by atoms with Gasteiger partial charge in [0.15, 0.2) is 0 Å². The van der Waals surface area contributed by atoms with Crippen LogP contribution in [0.4, 0.5) is 0 Å². The van der Waals surface area contributed by atoms with Gasteiger partial charge in [-0.05, 0) is 37.6 Å². The minimum absolute atomic E-state index is 0.574. The molecule has 1 aromatic rings. The van der Waals surface area contributed by atoms with Crippen LogP contribution in [-0.4, -0.2) is 27.6 Å². The fourth-order valence-corrected chi connectivity index (χ4v) is 3.45. The quantitative estimate of drug-likeness (QED) is 0.834. The highest BCUT2D eigenvalue weighted by atomic mass is 15.4. The van der Waals surface area contributed by atoms with Gasteiger partial charge in [0.25, 0.3) is 0 Å². The van der Waals surface area contributed by atoms with Crippen molar-refractivity contribution in [1.29, 1.82) is 0 Å². The summed E-state index contributed by atoms with van der Waals surface area (Å²) < 4.78 is 1.81. The number of aromatic nitrogens is 3. The van der Waals surface area contributed by atoms with E-state index in [4.69, 9.17) is 0 Å². The molecular weight excluding hydrogens is 248 g/mol. The molecule has 0 amide bonds. The maximum absolute atomic E-state index is 4.26. The second-order valence-corrected chi connectivity index (χ2v) is 6.34. The molecule has 0 radical (unpaired) electrons. The van der Waals surface area contributed by atoms with Gasteiger partial charge in [-0.15, -0.1) is 5.10 Å². The van der Waals surface area contributed by atoms with Crippen molar-refractivity contribution in [3.8, 4) is 0 Å². The van der Waals surface area contributed by atoms with Gasteiger partial charge in [0.1, 0.15) is 0 Å². The predicted octanol–water partition coefficient (Wildman–Crippen LogP) is 2.94. The molecule has 0 saturated heterocycles. The average molecular weight is 278 g/mol. The largest absolute Gasteiger partial charge is 0.313 e. The Bertz CT molecular complexity index is 380. The van der Waals surface area contributed by atoms with Gasteiger partial charge >= 0.3 is 0 Å². The molecule has 1 atom stereocenters. The van der Waals surface area contributed by atoms with Crippen LogP contribution in [0.5, 0.6) is 0 Å². The average Bonchev–Trinajstić information content (AvgIpc) is 2.89. The lowest BCUT2D eigenvalue weighted by atomic mass is 9.76. The van der Waals surface area contributed by atoms with Gasteiger partial charge in [0.2, 0.25) is 0 Å². The number of rotatable bonds is 7. The Morgan fingerprint density at radius 2 is 2.05 bits per heavy atom. The van der Waals surface area contributed by atoms with Crippen LogP contribution in [0.2, 0.25) is 0 Å². The van der Waals surface area contributed by atoms with E-state index < -0.39 is 0 Å². The molecule has 1 aliphatic rings. The molecule has 2 rings (SSSR count). The van der Waals surface area contributed by atoms with Gasteiger partial charge in [-0.3, -0.25) is 4.68 Å². The van der Waals surface area contributed by atoms with Crippen LogP contribution in [0.3, 0.4) is 0 Å². The molecule has 1 fully saturated rings. The van der Waals surface area contributed by atoms with E-state index in [2.05, 4.69) is 35.7 Å². The number of nitrogens with one attached hydrogen (secondary N) is 1. The molecule has 0 aromatic carbocycles. The zero-order chi connectivity index (χ0) is 14.4. The van der Waals surface area contributed by atoms with E-state index in [1.165, 1.54) is 38.5 Å². The number of nitrogens with zero attached hydrogens (tertiary/aromatic N) is 3. The predicted molar refractivity (Wildman–Crippen MR) is 82.5 cm³/mol. The topological polar surface area (TPSA) is 42.7 Å². The summed E-state index contributed by atoms with van der Waals surface area (Å²) in [4.78, 5) is 0. The first-order valence-electron chi connectivity index (χ1n) is 8.31. The standard InChI is InChI=1S/C16H30N4/c1-4-10-17-16(11-15-12-20(3)19-18-15)14-8-6-13(5-2)7-9-14/h12-14,16-17H,4-11H2,1-3H3. The highest BCUT2D eigenvalue weighted by molar-refractivity contribution is 4.98. The first-order chi connectivity index (χ1) is 9.72. The van der Waals surface area contributed by atoms with Crippen molar-refractivity contribution in [3.63, 3.8) is 0 Å². The van der Waals surface area contributed by atoms with E-state index in [9.17, 15) is 0 Å². The molecule has 0 spiro atoms. The van der Waals surface area contributed by atoms with E-state index in [1.54, 1.807) is 4.68 Å². The molecule has 4 heteroatoms. The van der Waals surface area contributed by atoms with Gasteiger partial charge in [-0.2, -0.15) is 0 Å². The fraction of sp³-hybridized carbons (Fsp3) is 0.875. The highest BCUT2D eigenvalue weighted by Crippen LogP contribution is 2.33. The van der Waals surface area contributed by atoms with Crippen molar-refractivity contribution in [2.75, 3.05) is 6.54 Å². The van der Waals surface area contributed by atoms with Gasteiger partial charge < -0.3 is 5.32 Å². The normalized spacial score (nSPS) is 24.8. The van der Waals surface area contributed by atoms with Gasteiger partial charge in [-0.1, -0.05) is 38.3 Å². The number of hydrogen-bond donors (Lipinski definition) is 1. The lowest BCUT2D eigenvalue weighted by Gasteiger charge is -2.34. The maximum Gasteiger partial charge on any atom is 0.0842 e. The van der Waals surface area contributed by atoms with Crippen molar-refractivity contribution in [2.24, 2.45) is 18.9 Å². The van der Waals surface area contributed by atoms with E-state index in [-0.39, 0.29) is 0 Å². The van der Waals surface area contributed by atoms with Crippen LogP contribution in [0.1, 0.15) is 58.1 Å². The van der Waals surface area contributed by atoms with E-state index >= 15 is 0 Å². The third-order valence-electron chi connectivity index (χ3n) is 4.77. The van der Waals surface area contributed by atoms with Crippen molar-refractivity contribution in [1.82, 2.24) is 20.3 Å². The summed E-state index contributed by atoms with van der Waals surface area (Å²) in [5, 5.41) is 12.1. The Kier molecular flexibility index (Phi) is 6.02. The summed E-state index contributed by atoms with van der Waals surface area (Å²) >= 11 is 0. The van der Waals surface area contributed by atoms with E-state index in [1.807, 2.05) is 7.05 Å². The van der Waals surface area contributed by atoms with Crippen LogP contribution in [0.15, 0.2) is 6.20 Å². The minimum Gasteiger partial charge on any atom is -0.313 e. The Labute approximate surface area is 123 Å². The summed E-state index contributed by atoms with van der Waals surface area (Å²) in [6, 6.07) is 0.574. The maximum atomic E-state index is 4.26. The Hall–Kier alpha value is -0.900. The molecule has 1 saturated carbocycles. The second-order valence-electron chi connectivity index (χ2n) is 6.34. The first kappa shape index (κ1) is 15.5. The summed E-state index contributed by atoms with van der Waals surface area (Å²) in [5.74, 6) is 1.78. The first-order valence-corrected chi connectivity index (χ1v) is 8.31. The molecule has 4 nitrogen and oxygen atoms in total. The molecule has 0 bridgehead atoms. The Balaban J connectivity index is 1.92. The summed E-state index contributed by atoms with van der Waals surface area (Å²) in [6.45, 7) is 5.68. The Morgan fingerprint density at radius 1 is 1.30 bits per heavy atom. The van der Waals surface area contributed by atoms with E-state index in [0.717, 1.165) is 30.5 Å². The number of aryl methyl sites for hydroxylation is 1. The molecule has 0 aliphatic heterocycles. The third kappa shape index (κ3) is 4.30. The Morgan fingerprint density at radius 3 is 2.60 bits per heavy atom. The van der Waals surface area contributed by atoms with Crippen LogP contribution >= 0.6 is 0 Å². The molecule has 1 heterocycles. The smallest absolute Gasteiger partial charge is 0.0842 e. The summed E-state index contributed by atoms with van der Waals surface area (Å²) in [5.41, 5.74) is 1.12. The minimum atomic E-state index is 0.574. The van der Waals surface area contributed by atoms with Crippen molar-refractivity contribution < 1.29 is 0 Å². The SMILES string of the molecule is CCCNC(Cc1cn(C)nn1)C1CCC(CC)CC1. The third-order valence-corrected chi connectivity index (χ3v) is 4.77. The van der Waals surface area contributed by atoms with Gasteiger partial charge in [-0.25, -0.2) is 0 Å². The molecule has 1 aliphatic carbocycles. The van der Waals surface area contributed by atoms with Crippen LogP contribution in [-0.2, 0) is 13.5 Å². The zero-order valence-corrected chi connectivity index (χ0v) is 13.3. The van der Waals surface area contributed by atoms with E-state index in [0.29, 0.717) is 6.04 Å². The molecule has 1 aromatic heterocycles. The van der Waals surface area contributed by atoms with Crippen LogP contribution in [0.25, 0.3) is 0 Å². The van der Waals surface area contributed by atoms with Crippen molar-refractivity contribution >= 4 is 0 Å². The van der Waals surface area contributed by atoms with Crippen LogP contribution < -0.4 is 5.32 Å². The molecule has 114 valence electrons. The second kappa shape index (κ2) is 7.77. The lowest BCUT2D eigenvalue weighted by Crippen LogP contribution is -2.40. The van der Waals surface area contributed by atoms with Gasteiger partial charge in [0, 0.05) is 25.7 Å². The lowest BCUT2D eigenvalue weighted by molar-refractivity contribution is 0.216. The zero-order valence-electron chi connectivity index (χ0n) is 13.3. The molecular formula is C16H30N4.